The minimum absolute atomic E-state index is 0.0365. The van der Waals surface area contributed by atoms with Crippen LogP contribution in [0.2, 0.25) is 0 Å². The third kappa shape index (κ3) is 3.05. The number of rotatable bonds is 4. The second-order valence-electron chi connectivity index (χ2n) is 4.98. The predicted octanol–water partition coefficient (Wildman–Crippen LogP) is 2.74. The Balaban J connectivity index is 1.79. The van der Waals surface area contributed by atoms with Crippen molar-refractivity contribution in [3.05, 3.63) is 68.8 Å². The van der Waals surface area contributed by atoms with Crippen molar-refractivity contribution in [2.24, 2.45) is 0 Å². The Hall–Kier alpha value is -2.59. The van der Waals surface area contributed by atoms with Crippen LogP contribution >= 0.6 is 0 Å². The fraction of sp³-hybridized carbons (Fsp3) is 0.143. The summed E-state index contributed by atoms with van der Waals surface area (Å²) in [5, 5.41) is 21.5. The fourth-order valence-corrected chi connectivity index (χ4v) is 4.66. The molecular weight excluding hydrogens is 352 g/mol. The molecule has 3 rings (SSSR count). The highest BCUT2D eigenvalue weighted by atomic mass is 32.8. The lowest BCUT2D eigenvalue weighted by Crippen LogP contribution is -2.25. The maximum Gasteiger partial charge on any atom is 0.269 e. The molecule has 0 atom stereocenters. The minimum atomic E-state index is -0.675. The van der Waals surface area contributed by atoms with Crippen molar-refractivity contribution in [2.75, 3.05) is 21.7 Å². The molecule has 1 saturated heterocycles. The van der Waals surface area contributed by atoms with Crippen LogP contribution in [0.5, 0.6) is 0 Å². The molecule has 0 radical (unpaired) electrons. The Morgan fingerprint density at radius 2 is 1.12 bits per heavy atom. The van der Waals surface area contributed by atoms with E-state index in [1.165, 1.54) is 24.3 Å². The standard InChI is InChI=1S/C14H12N4O4S2/c19-17(20)13-5-1-11(2-6-13)15-9-10-16(24(15)23)12-3-7-14(8-4-12)18(21)22/h1-8H,9-10H2. The van der Waals surface area contributed by atoms with Gasteiger partial charge in [0.2, 0.25) is 0 Å². The van der Waals surface area contributed by atoms with Gasteiger partial charge < -0.3 is 0 Å². The highest BCUT2D eigenvalue weighted by Gasteiger charge is 2.26. The van der Waals surface area contributed by atoms with E-state index >= 15 is 0 Å². The molecule has 24 heavy (non-hydrogen) atoms. The van der Waals surface area contributed by atoms with Gasteiger partial charge in [0.1, 0.15) is 0 Å². The first-order valence-corrected chi connectivity index (χ1v) is 9.00. The molecule has 124 valence electrons. The van der Waals surface area contributed by atoms with Crippen molar-refractivity contribution in [2.45, 2.75) is 0 Å². The first kappa shape index (κ1) is 16.3. The van der Waals surface area contributed by atoms with Crippen LogP contribution in [0.15, 0.2) is 48.5 Å². The Bertz CT molecular complexity index is 743. The molecule has 0 bridgehead atoms. The Morgan fingerprint density at radius 3 is 1.42 bits per heavy atom. The number of non-ortho nitro benzene ring substituents is 2. The lowest BCUT2D eigenvalue weighted by molar-refractivity contribution is -0.385. The summed E-state index contributed by atoms with van der Waals surface area (Å²) in [7, 11) is -0.675. The Morgan fingerprint density at radius 1 is 0.792 bits per heavy atom. The predicted molar refractivity (Wildman–Crippen MR) is 95.6 cm³/mol. The van der Waals surface area contributed by atoms with E-state index in [0.29, 0.717) is 13.1 Å². The molecule has 2 aromatic rings. The number of nitrogens with zero attached hydrogens (tertiary/aromatic N) is 4. The number of benzene rings is 2. The van der Waals surface area contributed by atoms with Crippen LogP contribution in [-0.4, -0.2) is 22.9 Å². The third-order valence-corrected chi connectivity index (χ3v) is 6.20. The van der Waals surface area contributed by atoms with Crippen LogP contribution in [0, 0.1) is 20.2 Å². The van der Waals surface area contributed by atoms with E-state index in [9.17, 15) is 20.2 Å². The van der Waals surface area contributed by atoms with Crippen molar-refractivity contribution in [3.8, 4) is 0 Å². The van der Waals surface area contributed by atoms with E-state index in [2.05, 4.69) is 0 Å². The summed E-state index contributed by atoms with van der Waals surface area (Å²) in [4.78, 5) is 20.6. The SMILES string of the molecule is O=[N+]([O-])c1ccc(N2CCN(c3ccc([N+](=O)[O-])cc3)S2=S)cc1. The number of nitro groups is 2. The van der Waals surface area contributed by atoms with Crippen LogP contribution in [0.1, 0.15) is 0 Å². The van der Waals surface area contributed by atoms with E-state index in [-0.39, 0.29) is 11.4 Å². The molecule has 1 heterocycles. The van der Waals surface area contributed by atoms with Gasteiger partial charge in [-0.1, -0.05) is 0 Å². The van der Waals surface area contributed by atoms with Crippen LogP contribution in [-0.2, 0) is 21.0 Å². The summed E-state index contributed by atoms with van der Waals surface area (Å²) in [5.41, 5.74) is 1.72. The van der Waals surface area contributed by atoms with Gasteiger partial charge in [-0.05, 0) is 35.5 Å². The van der Waals surface area contributed by atoms with Gasteiger partial charge >= 0.3 is 0 Å². The monoisotopic (exact) mass is 364 g/mol. The zero-order valence-corrected chi connectivity index (χ0v) is 13.9. The molecule has 0 spiro atoms. The van der Waals surface area contributed by atoms with Crippen LogP contribution in [0.3, 0.4) is 0 Å². The quantitative estimate of drug-likeness (QED) is 0.608. The third-order valence-electron chi connectivity index (χ3n) is 3.58. The summed E-state index contributed by atoms with van der Waals surface area (Å²) in [5.74, 6) is 0. The van der Waals surface area contributed by atoms with Crippen molar-refractivity contribution >= 4 is 43.8 Å². The highest BCUT2D eigenvalue weighted by Crippen LogP contribution is 2.29. The molecular formula is C14H12N4O4S2. The topological polar surface area (TPSA) is 92.8 Å². The second kappa shape index (κ2) is 6.49. The zero-order valence-electron chi connectivity index (χ0n) is 12.3. The van der Waals surface area contributed by atoms with Crippen LogP contribution in [0.25, 0.3) is 0 Å². The highest BCUT2D eigenvalue weighted by molar-refractivity contribution is 8.30. The van der Waals surface area contributed by atoms with E-state index < -0.39 is 19.7 Å². The minimum Gasteiger partial charge on any atom is -0.295 e. The van der Waals surface area contributed by atoms with E-state index in [1.54, 1.807) is 24.3 Å². The van der Waals surface area contributed by atoms with Gasteiger partial charge in [-0.3, -0.25) is 28.8 Å². The first-order chi connectivity index (χ1) is 11.5. The van der Waals surface area contributed by atoms with Gasteiger partial charge in [0.15, 0.2) is 0 Å². The average Bonchev–Trinajstić information content (AvgIpc) is 2.96. The number of hydrogen-bond donors (Lipinski definition) is 0. The maximum atomic E-state index is 10.7. The molecule has 10 heteroatoms. The van der Waals surface area contributed by atoms with Gasteiger partial charge in [-0.15, -0.1) is 0 Å². The smallest absolute Gasteiger partial charge is 0.269 e. The van der Waals surface area contributed by atoms with Crippen molar-refractivity contribution in [1.82, 2.24) is 0 Å². The lowest BCUT2D eigenvalue weighted by atomic mass is 10.3. The molecule has 0 aromatic heterocycles. The molecule has 1 aliphatic heterocycles. The summed E-state index contributed by atoms with van der Waals surface area (Å²) in [6.07, 6.45) is 0. The van der Waals surface area contributed by atoms with Crippen LogP contribution < -0.4 is 8.61 Å². The van der Waals surface area contributed by atoms with Gasteiger partial charge in [0.05, 0.1) is 32.8 Å². The van der Waals surface area contributed by atoms with Crippen molar-refractivity contribution < 1.29 is 9.85 Å². The average molecular weight is 364 g/mol. The molecule has 0 N–H and O–H groups in total. The van der Waals surface area contributed by atoms with E-state index in [1.807, 2.05) is 8.61 Å². The van der Waals surface area contributed by atoms with Crippen LogP contribution in [0.4, 0.5) is 22.7 Å². The van der Waals surface area contributed by atoms with Gasteiger partial charge in [0.25, 0.3) is 11.4 Å². The summed E-state index contributed by atoms with van der Waals surface area (Å²) < 4.78 is 3.97. The summed E-state index contributed by atoms with van der Waals surface area (Å²) in [6.45, 7) is 1.36. The van der Waals surface area contributed by atoms with E-state index in [4.69, 9.17) is 11.2 Å². The molecule has 1 fully saturated rings. The molecule has 0 unspecified atom stereocenters. The molecule has 0 saturated carbocycles. The number of anilines is 2. The molecule has 0 amide bonds. The maximum absolute atomic E-state index is 10.7. The summed E-state index contributed by atoms with van der Waals surface area (Å²) >= 11 is 5.59. The summed E-state index contributed by atoms with van der Waals surface area (Å²) in [6, 6.07) is 12.6. The molecule has 8 nitrogen and oxygen atoms in total. The van der Waals surface area contributed by atoms with E-state index in [0.717, 1.165) is 11.4 Å². The number of hydrogen-bond acceptors (Lipinski definition) is 5. The first-order valence-electron chi connectivity index (χ1n) is 6.93. The second-order valence-corrected chi connectivity index (χ2v) is 7.22. The van der Waals surface area contributed by atoms with Gasteiger partial charge in [-0.2, -0.15) is 0 Å². The zero-order chi connectivity index (χ0) is 17.3. The molecule has 1 aliphatic rings. The molecule has 2 aromatic carbocycles. The largest absolute Gasteiger partial charge is 0.295 e. The number of nitro benzene ring substituents is 2. The van der Waals surface area contributed by atoms with Crippen molar-refractivity contribution in [1.29, 1.82) is 0 Å². The fourth-order valence-electron chi connectivity index (χ4n) is 2.38. The van der Waals surface area contributed by atoms with Gasteiger partial charge in [-0.25, -0.2) is 0 Å². The lowest BCUT2D eigenvalue weighted by Gasteiger charge is -2.22. The normalized spacial score (nSPS) is 14.8. The Labute approximate surface area is 144 Å². The Kier molecular flexibility index (Phi) is 4.40. The molecule has 0 aliphatic carbocycles. The van der Waals surface area contributed by atoms with Gasteiger partial charge in [0, 0.05) is 35.6 Å². The van der Waals surface area contributed by atoms with Crippen molar-refractivity contribution in [3.63, 3.8) is 0 Å².